The van der Waals surface area contributed by atoms with Gasteiger partial charge >= 0.3 is 11.9 Å². The summed E-state index contributed by atoms with van der Waals surface area (Å²) in [6.45, 7) is 0.0926. The van der Waals surface area contributed by atoms with Gasteiger partial charge in [-0.05, 0) is 18.1 Å². The third kappa shape index (κ3) is 5.75. The Morgan fingerprint density at radius 3 is 2.10 bits per heavy atom. The molecule has 9 heteroatoms. The lowest BCUT2D eigenvalue weighted by atomic mass is 9.73. The van der Waals surface area contributed by atoms with E-state index in [9.17, 15) is 24.5 Å². The lowest BCUT2D eigenvalue weighted by Gasteiger charge is -2.33. The zero-order valence-corrected chi connectivity index (χ0v) is 16.6. The number of non-ortho nitro benzene ring substituents is 1. The number of hydrogen-bond donors (Lipinski definition) is 1. The number of rotatable bonds is 8. The number of nitro groups is 1. The fraction of sp³-hybridized carbons (Fsp3) is 0.550. The summed E-state index contributed by atoms with van der Waals surface area (Å²) in [6.07, 6.45) is 4.78. The number of benzene rings is 1. The highest BCUT2D eigenvalue weighted by Gasteiger charge is 2.41. The predicted molar refractivity (Wildman–Crippen MR) is 103 cm³/mol. The highest BCUT2D eigenvalue weighted by Crippen LogP contribution is 2.35. The van der Waals surface area contributed by atoms with Crippen molar-refractivity contribution in [2.24, 2.45) is 17.8 Å². The summed E-state index contributed by atoms with van der Waals surface area (Å²) in [7, 11) is 2.43. The average molecular weight is 406 g/mol. The van der Waals surface area contributed by atoms with Crippen LogP contribution in [0.5, 0.6) is 0 Å². The lowest BCUT2D eigenvalue weighted by Crippen LogP contribution is -2.44. The van der Waals surface area contributed by atoms with Crippen molar-refractivity contribution in [3.63, 3.8) is 0 Å². The zero-order chi connectivity index (χ0) is 21.4. The van der Waals surface area contributed by atoms with Gasteiger partial charge in [0.2, 0.25) is 0 Å². The summed E-state index contributed by atoms with van der Waals surface area (Å²) >= 11 is 0. The summed E-state index contributed by atoms with van der Waals surface area (Å²) in [6, 6.07) is 5.22. The monoisotopic (exact) mass is 406 g/mol. The molecule has 1 amide bonds. The fourth-order valence-corrected chi connectivity index (χ4v) is 3.87. The predicted octanol–water partition coefficient (Wildman–Crippen LogP) is 2.48. The van der Waals surface area contributed by atoms with Crippen molar-refractivity contribution in [1.29, 1.82) is 0 Å². The van der Waals surface area contributed by atoms with Crippen LogP contribution in [0.25, 0.3) is 0 Å². The van der Waals surface area contributed by atoms with Crippen LogP contribution >= 0.6 is 0 Å². The molecule has 0 unspecified atom stereocenters. The molecule has 1 aromatic carbocycles. The Morgan fingerprint density at radius 2 is 1.62 bits per heavy atom. The molecule has 2 rings (SSSR count). The average Bonchev–Trinajstić information content (AvgIpc) is 2.76. The summed E-state index contributed by atoms with van der Waals surface area (Å²) < 4.78 is 9.64. The van der Waals surface area contributed by atoms with Gasteiger partial charge in [0.1, 0.15) is 0 Å². The van der Waals surface area contributed by atoms with Crippen LogP contribution in [0.15, 0.2) is 24.3 Å². The number of nitro benzene ring substituents is 1. The van der Waals surface area contributed by atoms with Gasteiger partial charge < -0.3 is 14.8 Å². The Bertz CT molecular complexity index is 726. The van der Waals surface area contributed by atoms with E-state index < -0.39 is 34.6 Å². The van der Waals surface area contributed by atoms with Gasteiger partial charge in [-0.15, -0.1) is 0 Å². The first-order chi connectivity index (χ1) is 13.9. The number of nitrogens with zero attached hydrogens (tertiary/aromatic N) is 1. The molecule has 0 bridgehead atoms. The number of esters is 2. The number of nitrogens with one attached hydrogen (secondary N) is 1. The summed E-state index contributed by atoms with van der Waals surface area (Å²) in [5, 5.41) is 13.5. The van der Waals surface area contributed by atoms with E-state index in [0.29, 0.717) is 0 Å². The summed E-state index contributed by atoms with van der Waals surface area (Å²) in [4.78, 5) is 47.3. The van der Waals surface area contributed by atoms with Crippen molar-refractivity contribution in [3.8, 4) is 0 Å². The Labute approximate surface area is 168 Å². The van der Waals surface area contributed by atoms with E-state index in [1.165, 1.54) is 38.5 Å². The van der Waals surface area contributed by atoms with Crippen molar-refractivity contribution >= 4 is 23.5 Å². The topological polar surface area (TPSA) is 125 Å². The molecule has 9 nitrogen and oxygen atoms in total. The van der Waals surface area contributed by atoms with Crippen molar-refractivity contribution < 1.29 is 28.8 Å². The molecule has 1 saturated carbocycles. The maximum Gasteiger partial charge on any atom is 0.320 e. The number of carbonyl (C=O) groups is 3. The van der Waals surface area contributed by atoms with Crippen LogP contribution in [0.1, 0.15) is 42.5 Å². The maximum atomic E-state index is 12.5. The minimum Gasteiger partial charge on any atom is -0.468 e. The van der Waals surface area contributed by atoms with E-state index in [0.717, 1.165) is 32.1 Å². The molecule has 1 aliphatic rings. The van der Waals surface area contributed by atoms with Crippen molar-refractivity contribution in [1.82, 2.24) is 5.32 Å². The molecule has 0 saturated heterocycles. The Morgan fingerprint density at radius 1 is 1.07 bits per heavy atom. The summed E-state index contributed by atoms with van der Waals surface area (Å²) in [5.41, 5.74) is 0.142. The zero-order valence-electron chi connectivity index (χ0n) is 16.6. The lowest BCUT2D eigenvalue weighted by molar-refractivity contribution is -0.384. The SMILES string of the molecule is COC(=O)C(C(=O)OC)[C@H](CNC(=O)c1ccc([N+](=O)[O-])cc1)C1CCCCC1. The third-order valence-electron chi connectivity index (χ3n) is 5.43. The van der Waals surface area contributed by atoms with Crippen LogP contribution in [0.4, 0.5) is 5.69 Å². The van der Waals surface area contributed by atoms with E-state index in [4.69, 9.17) is 9.47 Å². The molecule has 1 aliphatic carbocycles. The van der Waals surface area contributed by atoms with E-state index >= 15 is 0 Å². The van der Waals surface area contributed by atoms with Crippen molar-refractivity contribution in [2.45, 2.75) is 32.1 Å². The second kappa shape index (κ2) is 10.5. The first-order valence-corrected chi connectivity index (χ1v) is 9.57. The minimum atomic E-state index is -1.12. The molecule has 1 N–H and O–H groups in total. The Hall–Kier alpha value is -2.97. The first kappa shape index (κ1) is 22.3. The first-order valence-electron chi connectivity index (χ1n) is 9.57. The van der Waals surface area contributed by atoms with Gasteiger partial charge in [-0.3, -0.25) is 24.5 Å². The minimum absolute atomic E-state index is 0.0733. The highest BCUT2D eigenvalue weighted by atomic mass is 16.6. The van der Waals surface area contributed by atoms with E-state index in [1.54, 1.807) is 0 Å². The second-order valence-electron chi connectivity index (χ2n) is 7.10. The van der Waals surface area contributed by atoms with Crippen LogP contribution in [-0.4, -0.2) is 43.5 Å². The van der Waals surface area contributed by atoms with E-state index in [1.807, 2.05) is 0 Å². The van der Waals surface area contributed by atoms with Crippen molar-refractivity contribution in [3.05, 3.63) is 39.9 Å². The molecule has 1 fully saturated rings. The Kier molecular flexibility index (Phi) is 8.11. The van der Waals surface area contributed by atoms with E-state index in [-0.39, 0.29) is 23.7 Å². The molecule has 29 heavy (non-hydrogen) atoms. The molecule has 0 heterocycles. The molecular formula is C20H26N2O7. The van der Waals surface area contributed by atoms with Gasteiger partial charge in [0, 0.05) is 30.2 Å². The van der Waals surface area contributed by atoms with Crippen LogP contribution < -0.4 is 5.32 Å². The fourth-order valence-electron chi connectivity index (χ4n) is 3.87. The van der Waals surface area contributed by atoms with Gasteiger partial charge in [0.05, 0.1) is 19.1 Å². The molecule has 1 atom stereocenters. The van der Waals surface area contributed by atoms with Gasteiger partial charge in [0.25, 0.3) is 11.6 Å². The van der Waals surface area contributed by atoms with Crippen LogP contribution in [-0.2, 0) is 19.1 Å². The standard InChI is InChI=1S/C20H26N2O7/c1-28-19(24)17(20(25)29-2)16(13-6-4-3-5-7-13)12-21-18(23)14-8-10-15(11-9-14)22(26)27/h8-11,13,16-17H,3-7,12H2,1-2H3,(H,21,23)/t16-/m1/s1. The quantitative estimate of drug-likeness (QED) is 0.304. The van der Waals surface area contributed by atoms with Gasteiger partial charge in [-0.2, -0.15) is 0 Å². The normalized spacial score (nSPS) is 15.4. The molecule has 0 aliphatic heterocycles. The van der Waals surface area contributed by atoms with Crippen LogP contribution in [0.3, 0.4) is 0 Å². The van der Waals surface area contributed by atoms with Gasteiger partial charge in [-0.1, -0.05) is 32.1 Å². The van der Waals surface area contributed by atoms with Gasteiger partial charge in [-0.25, -0.2) is 0 Å². The molecule has 0 spiro atoms. The maximum absolute atomic E-state index is 12.5. The summed E-state index contributed by atoms with van der Waals surface area (Å²) in [5.74, 6) is -3.31. The molecular weight excluding hydrogens is 380 g/mol. The number of hydrogen-bond acceptors (Lipinski definition) is 7. The van der Waals surface area contributed by atoms with E-state index in [2.05, 4.69) is 5.32 Å². The molecule has 0 aromatic heterocycles. The largest absolute Gasteiger partial charge is 0.468 e. The molecule has 1 aromatic rings. The third-order valence-corrected chi connectivity index (χ3v) is 5.43. The number of ether oxygens (including phenoxy) is 2. The number of carbonyl (C=O) groups excluding carboxylic acids is 3. The second-order valence-corrected chi connectivity index (χ2v) is 7.10. The van der Waals surface area contributed by atoms with Crippen LogP contribution in [0, 0.1) is 27.9 Å². The highest BCUT2D eigenvalue weighted by molar-refractivity contribution is 5.96. The molecule has 158 valence electrons. The van der Waals surface area contributed by atoms with Crippen LogP contribution in [0.2, 0.25) is 0 Å². The van der Waals surface area contributed by atoms with Gasteiger partial charge in [0.15, 0.2) is 5.92 Å². The smallest absolute Gasteiger partial charge is 0.320 e. The number of amides is 1. The molecule has 0 radical (unpaired) electrons. The van der Waals surface area contributed by atoms with Crippen molar-refractivity contribution in [2.75, 3.05) is 20.8 Å². The Balaban J connectivity index is 2.17. The number of methoxy groups -OCH3 is 2.